The van der Waals surface area contributed by atoms with Crippen LogP contribution in [0.4, 0.5) is 0 Å². The highest BCUT2D eigenvalue weighted by Crippen LogP contribution is 2.35. The predicted octanol–water partition coefficient (Wildman–Crippen LogP) is 2.28. The van der Waals surface area contributed by atoms with Crippen LogP contribution in [0, 0.1) is 0 Å². The smallest absolute Gasteiger partial charge is 0.133 e. The number of aromatic nitrogens is 3. The fourth-order valence-electron chi connectivity index (χ4n) is 3.88. The van der Waals surface area contributed by atoms with Gasteiger partial charge in [0.05, 0.1) is 7.11 Å². The molecule has 1 aromatic carbocycles. The Morgan fingerprint density at radius 2 is 2.24 bits per heavy atom. The zero-order valence-corrected chi connectivity index (χ0v) is 15.2. The number of hydrogen-bond acceptors (Lipinski definition) is 5. The first-order valence-corrected chi connectivity index (χ1v) is 9.18. The molecule has 1 aromatic heterocycles. The molecule has 2 atom stereocenters. The molecule has 2 unspecified atom stereocenters. The molecular weight excluding hydrogens is 316 g/mol. The van der Waals surface area contributed by atoms with Crippen LogP contribution in [-0.2, 0) is 32.4 Å². The fraction of sp³-hybridized carbons (Fsp3) is 0.579. The zero-order valence-electron chi connectivity index (χ0n) is 15.2. The van der Waals surface area contributed by atoms with Crippen LogP contribution in [0.1, 0.15) is 43.0 Å². The van der Waals surface area contributed by atoms with Gasteiger partial charge in [0.2, 0.25) is 0 Å². The van der Waals surface area contributed by atoms with E-state index in [0.717, 1.165) is 67.5 Å². The van der Waals surface area contributed by atoms with Crippen molar-refractivity contribution in [3.05, 3.63) is 34.9 Å². The molecule has 2 aromatic rings. The van der Waals surface area contributed by atoms with Crippen molar-refractivity contribution in [3.8, 4) is 11.5 Å². The molecule has 134 valence electrons. The van der Waals surface area contributed by atoms with Gasteiger partial charge in [-0.05, 0) is 25.5 Å². The van der Waals surface area contributed by atoms with E-state index in [1.54, 1.807) is 7.11 Å². The number of benzene rings is 1. The molecule has 0 bridgehead atoms. The quantitative estimate of drug-likeness (QED) is 0.903. The molecule has 0 saturated heterocycles. The van der Waals surface area contributed by atoms with Crippen molar-refractivity contribution < 1.29 is 9.47 Å². The Labute approximate surface area is 148 Å². The summed E-state index contributed by atoms with van der Waals surface area (Å²) in [4.78, 5) is 0. The van der Waals surface area contributed by atoms with E-state index in [-0.39, 0.29) is 6.10 Å². The summed E-state index contributed by atoms with van der Waals surface area (Å²) in [5, 5.41) is 12.3. The monoisotopic (exact) mass is 342 g/mol. The zero-order chi connectivity index (χ0) is 17.4. The van der Waals surface area contributed by atoms with Crippen molar-refractivity contribution in [3.63, 3.8) is 0 Å². The molecule has 0 radical (unpaired) electrons. The predicted molar refractivity (Wildman–Crippen MR) is 95.1 cm³/mol. The van der Waals surface area contributed by atoms with Gasteiger partial charge in [0.25, 0.3) is 0 Å². The van der Waals surface area contributed by atoms with Gasteiger partial charge >= 0.3 is 0 Å². The minimum absolute atomic E-state index is 0.251. The topological polar surface area (TPSA) is 61.2 Å². The molecule has 2 aliphatic heterocycles. The van der Waals surface area contributed by atoms with E-state index in [0.29, 0.717) is 6.04 Å². The number of aryl methyl sites for hydroxylation is 2. The van der Waals surface area contributed by atoms with E-state index in [9.17, 15) is 0 Å². The Kier molecular flexibility index (Phi) is 4.37. The summed E-state index contributed by atoms with van der Waals surface area (Å²) in [5.74, 6) is 4.15. The highest BCUT2D eigenvalue weighted by Gasteiger charge is 2.24. The Hall–Kier alpha value is -2.08. The Bertz CT molecular complexity index is 758. The van der Waals surface area contributed by atoms with Gasteiger partial charge in [0, 0.05) is 49.5 Å². The number of hydrogen-bond donors (Lipinski definition) is 1. The number of nitrogens with zero attached hydrogens (tertiary/aromatic N) is 3. The first-order chi connectivity index (χ1) is 12.2. The van der Waals surface area contributed by atoms with Crippen LogP contribution in [0.15, 0.2) is 12.1 Å². The van der Waals surface area contributed by atoms with Gasteiger partial charge in [-0.15, -0.1) is 10.2 Å². The van der Waals surface area contributed by atoms with E-state index in [1.165, 1.54) is 5.56 Å². The van der Waals surface area contributed by atoms with Gasteiger partial charge in [-0.3, -0.25) is 0 Å². The van der Waals surface area contributed by atoms with E-state index >= 15 is 0 Å². The second-order valence-corrected chi connectivity index (χ2v) is 7.02. The Balaban J connectivity index is 1.46. The third kappa shape index (κ3) is 3.11. The summed E-state index contributed by atoms with van der Waals surface area (Å²) in [5.41, 5.74) is 2.40. The largest absolute Gasteiger partial charge is 0.496 e. The first-order valence-electron chi connectivity index (χ1n) is 9.18. The third-order valence-electron chi connectivity index (χ3n) is 5.22. The molecule has 6 nitrogen and oxygen atoms in total. The molecule has 2 aliphatic rings. The van der Waals surface area contributed by atoms with Crippen LogP contribution in [-0.4, -0.2) is 34.0 Å². The SMILES string of the molecule is CCc1nnc2n1CC(NCc1cc3c(cc1OC)CC(C)O3)CC2. The highest BCUT2D eigenvalue weighted by atomic mass is 16.5. The first kappa shape index (κ1) is 16.4. The molecule has 25 heavy (non-hydrogen) atoms. The van der Waals surface area contributed by atoms with Gasteiger partial charge in [0.15, 0.2) is 0 Å². The minimum Gasteiger partial charge on any atom is -0.496 e. The number of rotatable bonds is 5. The number of nitrogens with one attached hydrogen (secondary N) is 1. The number of ether oxygens (including phenoxy) is 2. The van der Waals surface area contributed by atoms with Crippen molar-refractivity contribution in [1.29, 1.82) is 0 Å². The second-order valence-electron chi connectivity index (χ2n) is 7.02. The molecule has 4 rings (SSSR count). The van der Waals surface area contributed by atoms with Gasteiger partial charge in [-0.25, -0.2) is 0 Å². The average molecular weight is 342 g/mol. The summed E-state index contributed by atoms with van der Waals surface area (Å²) in [7, 11) is 1.74. The molecule has 0 saturated carbocycles. The van der Waals surface area contributed by atoms with Gasteiger partial charge in [0.1, 0.15) is 29.3 Å². The van der Waals surface area contributed by atoms with E-state index < -0.39 is 0 Å². The summed E-state index contributed by atoms with van der Waals surface area (Å²) in [6, 6.07) is 4.69. The van der Waals surface area contributed by atoms with E-state index in [2.05, 4.69) is 46.1 Å². The van der Waals surface area contributed by atoms with Crippen molar-refractivity contribution in [2.45, 2.75) is 64.8 Å². The Morgan fingerprint density at radius 3 is 3.04 bits per heavy atom. The van der Waals surface area contributed by atoms with E-state index in [1.807, 2.05) is 0 Å². The molecule has 0 fully saturated rings. The van der Waals surface area contributed by atoms with Crippen LogP contribution in [0.5, 0.6) is 11.5 Å². The van der Waals surface area contributed by atoms with Gasteiger partial charge in [-0.1, -0.05) is 6.92 Å². The normalized spacial score (nSPS) is 21.6. The lowest BCUT2D eigenvalue weighted by atomic mass is 10.0. The van der Waals surface area contributed by atoms with Crippen LogP contribution in [0.25, 0.3) is 0 Å². The number of methoxy groups -OCH3 is 1. The highest BCUT2D eigenvalue weighted by molar-refractivity contribution is 5.48. The molecular formula is C19H26N4O2. The van der Waals surface area contributed by atoms with Crippen LogP contribution < -0.4 is 14.8 Å². The van der Waals surface area contributed by atoms with Gasteiger partial charge in [-0.2, -0.15) is 0 Å². The Morgan fingerprint density at radius 1 is 1.36 bits per heavy atom. The minimum atomic E-state index is 0.251. The van der Waals surface area contributed by atoms with Crippen molar-refractivity contribution in [2.24, 2.45) is 0 Å². The maximum atomic E-state index is 5.90. The molecule has 0 aliphatic carbocycles. The molecule has 6 heteroatoms. The lowest BCUT2D eigenvalue weighted by Crippen LogP contribution is -2.37. The molecule has 0 spiro atoms. The maximum absolute atomic E-state index is 5.90. The lowest BCUT2D eigenvalue weighted by molar-refractivity contribution is 0.254. The summed E-state index contributed by atoms with van der Waals surface area (Å²) in [6.45, 7) is 5.95. The standard InChI is InChI=1S/C19H26N4O2/c1-4-18-21-22-19-6-5-15(11-23(18)19)20-10-14-9-17-13(7-12(2)25-17)8-16(14)24-3/h8-9,12,15,20H,4-7,10-11H2,1-3H3. The molecule has 1 N–H and O–H groups in total. The van der Waals surface area contributed by atoms with Gasteiger partial charge < -0.3 is 19.4 Å². The number of fused-ring (bicyclic) bond motifs is 2. The summed E-state index contributed by atoms with van der Waals surface area (Å²) >= 11 is 0. The third-order valence-corrected chi connectivity index (χ3v) is 5.22. The van der Waals surface area contributed by atoms with Crippen molar-refractivity contribution >= 4 is 0 Å². The fourth-order valence-corrected chi connectivity index (χ4v) is 3.88. The molecule has 3 heterocycles. The summed E-state index contributed by atoms with van der Waals surface area (Å²) in [6.07, 6.45) is 4.20. The van der Waals surface area contributed by atoms with Crippen LogP contribution in [0.2, 0.25) is 0 Å². The summed E-state index contributed by atoms with van der Waals surface area (Å²) < 4.78 is 13.8. The van der Waals surface area contributed by atoms with E-state index in [4.69, 9.17) is 9.47 Å². The second kappa shape index (κ2) is 6.67. The van der Waals surface area contributed by atoms with Crippen LogP contribution in [0.3, 0.4) is 0 Å². The molecule has 0 amide bonds. The van der Waals surface area contributed by atoms with Crippen LogP contribution >= 0.6 is 0 Å². The van der Waals surface area contributed by atoms with Crippen molar-refractivity contribution in [1.82, 2.24) is 20.1 Å². The van der Waals surface area contributed by atoms with Crippen molar-refractivity contribution in [2.75, 3.05) is 7.11 Å². The maximum Gasteiger partial charge on any atom is 0.133 e. The lowest BCUT2D eigenvalue weighted by Gasteiger charge is -2.25. The average Bonchev–Trinajstić information content (AvgIpc) is 3.19.